The van der Waals surface area contributed by atoms with Crippen molar-refractivity contribution in [1.29, 1.82) is 0 Å². The molecule has 0 radical (unpaired) electrons. The Labute approximate surface area is 161 Å². The largest absolute Gasteiger partial charge is 0.454 e. The summed E-state index contributed by atoms with van der Waals surface area (Å²) in [4.78, 5) is 17.6. The molecule has 1 aliphatic carbocycles. The fourth-order valence-corrected chi connectivity index (χ4v) is 4.09. The minimum Gasteiger partial charge on any atom is -0.454 e. The molecule has 2 aromatic carbocycles. The molecule has 0 unspecified atom stereocenters. The second-order valence-electron chi connectivity index (χ2n) is 6.94. The van der Waals surface area contributed by atoms with Crippen molar-refractivity contribution in [2.75, 3.05) is 12.1 Å². The number of hydrogen-bond acceptors (Lipinski definition) is 5. The summed E-state index contributed by atoms with van der Waals surface area (Å²) in [6.07, 6.45) is 1.67. The van der Waals surface area contributed by atoms with Crippen LogP contribution in [0.2, 0.25) is 0 Å². The lowest BCUT2D eigenvalue weighted by Crippen LogP contribution is -2.27. The van der Waals surface area contributed by atoms with E-state index in [1.165, 1.54) is 0 Å². The Bertz CT molecular complexity index is 1040. The standard InChI is InChI=1S/C21H18N2O3S/c1-13-22-17(11-27-13)14-3-2-4-16(9-14)23-20(24)21(7-8-21)15-5-6-18-19(10-15)26-12-25-18/h2-6,9-11H,7-8,12H2,1H3,(H,23,24). The van der Waals surface area contributed by atoms with Crippen LogP contribution in [0, 0.1) is 6.92 Å². The molecular formula is C21H18N2O3S. The maximum Gasteiger partial charge on any atom is 0.235 e. The zero-order valence-corrected chi connectivity index (χ0v) is 15.6. The van der Waals surface area contributed by atoms with E-state index >= 15 is 0 Å². The Morgan fingerprint density at radius 3 is 2.78 bits per heavy atom. The molecule has 3 aromatic rings. The van der Waals surface area contributed by atoms with Gasteiger partial charge in [0.2, 0.25) is 12.7 Å². The average molecular weight is 378 g/mol. The molecule has 1 N–H and O–H groups in total. The maximum atomic E-state index is 13.1. The third-order valence-corrected chi connectivity index (χ3v) is 5.92. The number of carbonyl (C=O) groups is 1. The van der Waals surface area contributed by atoms with Gasteiger partial charge in [-0.05, 0) is 49.6 Å². The van der Waals surface area contributed by atoms with E-state index < -0.39 is 5.41 Å². The molecule has 1 saturated carbocycles. The third-order valence-electron chi connectivity index (χ3n) is 5.15. The summed E-state index contributed by atoms with van der Waals surface area (Å²) in [5.74, 6) is 1.47. The van der Waals surface area contributed by atoms with Crippen LogP contribution in [-0.2, 0) is 10.2 Å². The number of hydrogen-bond donors (Lipinski definition) is 1. The molecule has 1 aromatic heterocycles. The summed E-state index contributed by atoms with van der Waals surface area (Å²) in [5.41, 5.74) is 3.23. The van der Waals surface area contributed by atoms with Gasteiger partial charge in [0.1, 0.15) is 0 Å². The molecule has 0 spiro atoms. The fraction of sp³-hybridized carbons (Fsp3) is 0.238. The second kappa shape index (κ2) is 6.09. The van der Waals surface area contributed by atoms with Gasteiger partial charge < -0.3 is 14.8 Å². The van der Waals surface area contributed by atoms with Crippen LogP contribution in [0.5, 0.6) is 11.5 Å². The van der Waals surface area contributed by atoms with Gasteiger partial charge in [0.05, 0.1) is 16.1 Å². The van der Waals surface area contributed by atoms with E-state index in [-0.39, 0.29) is 12.7 Å². The van der Waals surface area contributed by atoms with Crippen molar-refractivity contribution < 1.29 is 14.3 Å². The van der Waals surface area contributed by atoms with Crippen molar-refractivity contribution in [2.24, 2.45) is 0 Å². The summed E-state index contributed by atoms with van der Waals surface area (Å²) in [5, 5.41) is 6.15. The number of rotatable bonds is 4. The number of nitrogens with one attached hydrogen (secondary N) is 1. The Kier molecular flexibility index (Phi) is 3.68. The van der Waals surface area contributed by atoms with Crippen molar-refractivity contribution in [3.05, 3.63) is 58.4 Å². The van der Waals surface area contributed by atoms with Crippen molar-refractivity contribution >= 4 is 22.9 Å². The summed E-state index contributed by atoms with van der Waals surface area (Å²) < 4.78 is 10.8. The monoisotopic (exact) mass is 378 g/mol. The Morgan fingerprint density at radius 2 is 2.00 bits per heavy atom. The van der Waals surface area contributed by atoms with Crippen LogP contribution in [-0.4, -0.2) is 17.7 Å². The molecule has 1 amide bonds. The lowest BCUT2D eigenvalue weighted by Gasteiger charge is -2.16. The Hall–Kier alpha value is -2.86. The minimum absolute atomic E-state index is 0.0213. The predicted molar refractivity (Wildman–Crippen MR) is 104 cm³/mol. The summed E-state index contributed by atoms with van der Waals surface area (Å²) in [7, 11) is 0. The quantitative estimate of drug-likeness (QED) is 0.725. The van der Waals surface area contributed by atoms with Crippen molar-refractivity contribution in [3.63, 3.8) is 0 Å². The van der Waals surface area contributed by atoms with Crippen LogP contribution in [0.3, 0.4) is 0 Å². The number of anilines is 1. The summed E-state index contributed by atoms with van der Waals surface area (Å²) in [6, 6.07) is 13.6. The van der Waals surface area contributed by atoms with Crippen LogP contribution < -0.4 is 14.8 Å². The van der Waals surface area contributed by atoms with Crippen LogP contribution in [0.25, 0.3) is 11.3 Å². The van der Waals surface area contributed by atoms with Gasteiger partial charge in [0.15, 0.2) is 11.5 Å². The highest BCUT2D eigenvalue weighted by Gasteiger charge is 2.51. The number of aromatic nitrogens is 1. The highest BCUT2D eigenvalue weighted by atomic mass is 32.1. The fourth-order valence-electron chi connectivity index (χ4n) is 3.47. The van der Waals surface area contributed by atoms with Crippen LogP contribution in [0.4, 0.5) is 5.69 Å². The number of nitrogens with zero attached hydrogens (tertiary/aromatic N) is 1. The van der Waals surface area contributed by atoms with Gasteiger partial charge in [-0.2, -0.15) is 0 Å². The molecule has 1 fully saturated rings. The molecule has 0 atom stereocenters. The predicted octanol–water partition coefficient (Wildman–Crippen LogP) is 4.52. The van der Waals surface area contributed by atoms with Gasteiger partial charge in [-0.3, -0.25) is 4.79 Å². The number of thiazole rings is 1. The van der Waals surface area contributed by atoms with E-state index in [2.05, 4.69) is 10.3 Å². The van der Waals surface area contributed by atoms with Crippen LogP contribution in [0.15, 0.2) is 47.8 Å². The molecule has 0 saturated heterocycles. The van der Waals surface area contributed by atoms with Crippen molar-refractivity contribution in [3.8, 4) is 22.8 Å². The van der Waals surface area contributed by atoms with Crippen LogP contribution in [0.1, 0.15) is 23.4 Å². The number of aryl methyl sites for hydroxylation is 1. The highest BCUT2D eigenvalue weighted by Crippen LogP contribution is 2.51. The Balaban J connectivity index is 1.39. The molecule has 6 heteroatoms. The van der Waals surface area contributed by atoms with Gasteiger partial charge in [-0.1, -0.05) is 18.2 Å². The first-order chi connectivity index (χ1) is 13.1. The van der Waals surface area contributed by atoms with Gasteiger partial charge in [0.25, 0.3) is 0 Å². The zero-order valence-electron chi connectivity index (χ0n) is 14.8. The summed E-state index contributed by atoms with van der Waals surface area (Å²) in [6.45, 7) is 2.23. The molecule has 136 valence electrons. The van der Waals surface area contributed by atoms with E-state index in [0.717, 1.165) is 46.1 Å². The maximum absolute atomic E-state index is 13.1. The lowest BCUT2D eigenvalue weighted by atomic mass is 9.94. The minimum atomic E-state index is -0.478. The number of carbonyl (C=O) groups excluding carboxylic acids is 1. The topological polar surface area (TPSA) is 60.5 Å². The molecule has 1 aliphatic heterocycles. The van der Waals surface area contributed by atoms with Crippen molar-refractivity contribution in [1.82, 2.24) is 4.98 Å². The molecule has 27 heavy (non-hydrogen) atoms. The smallest absolute Gasteiger partial charge is 0.235 e. The van der Waals surface area contributed by atoms with E-state index in [1.54, 1.807) is 11.3 Å². The molecular weight excluding hydrogens is 360 g/mol. The molecule has 5 nitrogen and oxygen atoms in total. The van der Waals surface area contributed by atoms with Crippen molar-refractivity contribution in [2.45, 2.75) is 25.2 Å². The summed E-state index contributed by atoms with van der Waals surface area (Å²) >= 11 is 1.62. The van der Waals surface area contributed by atoms with Gasteiger partial charge in [-0.25, -0.2) is 4.98 Å². The van der Waals surface area contributed by atoms with Gasteiger partial charge in [-0.15, -0.1) is 11.3 Å². The highest BCUT2D eigenvalue weighted by molar-refractivity contribution is 7.09. The molecule has 2 aliphatic rings. The SMILES string of the molecule is Cc1nc(-c2cccc(NC(=O)C3(c4ccc5c(c4)OCO5)CC3)c2)cs1. The first-order valence-electron chi connectivity index (χ1n) is 8.88. The van der Waals surface area contributed by atoms with Crippen LogP contribution >= 0.6 is 11.3 Å². The first-order valence-corrected chi connectivity index (χ1v) is 9.76. The van der Waals surface area contributed by atoms with Gasteiger partial charge in [0, 0.05) is 16.6 Å². The Morgan fingerprint density at radius 1 is 1.15 bits per heavy atom. The first kappa shape index (κ1) is 16.3. The third kappa shape index (κ3) is 2.86. The molecule has 2 heterocycles. The van der Waals surface area contributed by atoms with Gasteiger partial charge >= 0.3 is 0 Å². The number of amides is 1. The van der Waals surface area contributed by atoms with E-state index in [4.69, 9.17) is 9.47 Å². The van der Waals surface area contributed by atoms with E-state index in [1.807, 2.05) is 54.8 Å². The molecule has 0 bridgehead atoms. The lowest BCUT2D eigenvalue weighted by molar-refractivity contribution is -0.118. The average Bonchev–Trinajstić information content (AvgIpc) is 3.16. The van der Waals surface area contributed by atoms with E-state index in [0.29, 0.717) is 5.75 Å². The zero-order chi connectivity index (χ0) is 18.4. The number of ether oxygens (including phenoxy) is 2. The number of benzene rings is 2. The number of fused-ring (bicyclic) bond motifs is 1. The molecule has 5 rings (SSSR count). The second-order valence-corrected chi connectivity index (χ2v) is 8.00. The van der Waals surface area contributed by atoms with E-state index in [9.17, 15) is 4.79 Å². The normalized spacial score (nSPS) is 16.2.